The topological polar surface area (TPSA) is 12.0 Å². The fourth-order valence-electron chi connectivity index (χ4n) is 0.974. The monoisotopic (exact) mass is 139 g/mol. The van der Waals surface area contributed by atoms with E-state index in [1.165, 1.54) is 0 Å². The van der Waals surface area contributed by atoms with E-state index < -0.39 is 0 Å². The second-order valence-corrected chi connectivity index (χ2v) is 4.14. The Bertz CT molecular complexity index is 143. The van der Waals surface area contributed by atoms with Gasteiger partial charge in [0.2, 0.25) is 0 Å². The van der Waals surface area contributed by atoms with Gasteiger partial charge in [-0.1, -0.05) is 5.92 Å². The Kier molecular flexibility index (Phi) is 2.51. The van der Waals surface area contributed by atoms with Crippen molar-refractivity contribution in [3.8, 4) is 12.3 Å². The third-order valence-corrected chi connectivity index (χ3v) is 1.05. The molecule has 0 aromatic rings. The van der Waals surface area contributed by atoms with Gasteiger partial charge in [0.1, 0.15) is 0 Å². The molecule has 1 nitrogen and oxygen atoms in total. The molecule has 0 aliphatic rings. The molecule has 0 fully saturated rings. The van der Waals surface area contributed by atoms with Crippen molar-refractivity contribution in [1.82, 2.24) is 5.32 Å². The van der Waals surface area contributed by atoms with Crippen molar-refractivity contribution in [2.24, 2.45) is 0 Å². The minimum absolute atomic E-state index is 0.0931. The Morgan fingerprint density at radius 3 is 1.60 bits per heavy atom. The molecule has 0 unspecified atom stereocenters. The van der Waals surface area contributed by atoms with E-state index in [9.17, 15) is 0 Å². The summed E-state index contributed by atoms with van der Waals surface area (Å²) in [6.45, 7) is 10.3. The largest absolute Gasteiger partial charge is 0.297 e. The van der Waals surface area contributed by atoms with Gasteiger partial charge in [-0.2, -0.15) is 0 Å². The maximum absolute atomic E-state index is 5.30. The minimum atomic E-state index is -0.196. The van der Waals surface area contributed by atoms with Crippen LogP contribution in [-0.4, -0.2) is 11.1 Å². The molecule has 0 aliphatic heterocycles. The van der Waals surface area contributed by atoms with Crippen molar-refractivity contribution in [3.05, 3.63) is 0 Å². The highest BCUT2D eigenvalue weighted by Gasteiger charge is 2.20. The number of rotatable bonds is 1. The lowest BCUT2D eigenvalue weighted by Crippen LogP contribution is -2.49. The summed E-state index contributed by atoms with van der Waals surface area (Å²) in [5.41, 5.74) is -0.103. The van der Waals surface area contributed by atoms with E-state index in [0.717, 1.165) is 0 Å². The average Bonchev–Trinajstić information content (AvgIpc) is 1.60. The average molecular weight is 139 g/mol. The second kappa shape index (κ2) is 2.64. The molecule has 0 saturated heterocycles. The molecule has 10 heavy (non-hydrogen) atoms. The van der Waals surface area contributed by atoms with Crippen LogP contribution in [0.25, 0.3) is 0 Å². The van der Waals surface area contributed by atoms with Gasteiger partial charge in [-0.15, -0.1) is 6.42 Å². The molecule has 0 bridgehead atoms. The number of terminal acetylenes is 1. The van der Waals surface area contributed by atoms with E-state index in [1.807, 2.05) is 13.8 Å². The maximum atomic E-state index is 5.30. The standard InChI is InChI=1S/C9H17N/c1-7-9(5,6)10-8(2,3)4/h1,10H,2-6H3. The van der Waals surface area contributed by atoms with Crippen LogP contribution < -0.4 is 5.32 Å². The third-order valence-electron chi connectivity index (χ3n) is 1.05. The number of nitrogens with one attached hydrogen (secondary N) is 1. The molecule has 0 radical (unpaired) electrons. The molecule has 0 amide bonds. The Balaban J connectivity index is 4.05. The van der Waals surface area contributed by atoms with E-state index in [0.29, 0.717) is 0 Å². The first-order valence-corrected chi connectivity index (χ1v) is 3.54. The van der Waals surface area contributed by atoms with Gasteiger partial charge in [-0.25, -0.2) is 0 Å². The molecular weight excluding hydrogens is 122 g/mol. The van der Waals surface area contributed by atoms with Crippen LogP contribution >= 0.6 is 0 Å². The van der Waals surface area contributed by atoms with Gasteiger partial charge in [0.15, 0.2) is 0 Å². The smallest absolute Gasteiger partial charge is 0.0745 e. The van der Waals surface area contributed by atoms with Gasteiger partial charge in [0.25, 0.3) is 0 Å². The van der Waals surface area contributed by atoms with Crippen LogP contribution in [0.1, 0.15) is 34.6 Å². The minimum Gasteiger partial charge on any atom is -0.297 e. The SMILES string of the molecule is C#CC(C)(C)NC(C)(C)C. The molecule has 58 valence electrons. The van der Waals surface area contributed by atoms with Crippen LogP contribution in [0.15, 0.2) is 0 Å². The summed E-state index contributed by atoms with van der Waals surface area (Å²) in [6, 6.07) is 0. The Labute approximate surface area is 64.2 Å². The molecule has 0 atom stereocenters. The van der Waals surface area contributed by atoms with Crippen molar-refractivity contribution in [2.45, 2.75) is 45.7 Å². The van der Waals surface area contributed by atoms with Gasteiger partial charge in [0, 0.05) is 5.54 Å². The fourth-order valence-corrected chi connectivity index (χ4v) is 0.974. The zero-order chi connectivity index (χ0) is 8.41. The summed E-state index contributed by atoms with van der Waals surface area (Å²) in [7, 11) is 0. The van der Waals surface area contributed by atoms with Crippen LogP contribution in [-0.2, 0) is 0 Å². The summed E-state index contributed by atoms with van der Waals surface area (Å²) in [4.78, 5) is 0. The molecule has 0 aromatic heterocycles. The van der Waals surface area contributed by atoms with Crippen molar-refractivity contribution in [3.63, 3.8) is 0 Å². The van der Waals surface area contributed by atoms with Crippen LogP contribution in [0.2, 0.25) is 0 Å². The summed E-state index contributed by atoms with van der Waals surface area (Å²) >= 11 is 0. The van der Waals surface area contributed by atoms with E-state index in [1.54, 1.807) is 0 Å². The van der Waals surface area contributed by atoms with Crippen molar-refractivity contribution in [1.29, 1.82) is 0 Å². The van der Waals surface area contributed by atoms with Crippen molar-refractivity contribution >= 4 is 0 Å². The highest BCUT2D eigenvalue weighted by molar-refractivity contribution is 5.09. The van der Waals surface area contributed by atoms with E-state index in [2.05, 4.69) is 32.0 Å². The summed E-state index contributed by atoms with van der Waals surface area (Å²) < 4.78 is 0. The molecule has 1 N–H and O–H groups in total. The van der Waals surface area contributed by atoms with Crippen LogP contribution in [0.3, 0.4) is 0 Å². The highest BCUT2D eigenvalue weighted by atomic mass is 15.0. The second-order valence-electron chi connectivity index (χ2n) is 4.14. The first kappa shape index (κ1) is 9.52. The predicted octanol–water partition coefficient (Wildman–Crippen LogP) is 1.79. The molecule has 0 aromatic carbocycles. The molecule has 0 spiro atoms. The van der Waals surface area contributed by atoms with Crippen LogP contribution in [0, 0.1) is 12.3 Å². The quantitative estimate of drug-likeness (QED) is 0.546. The van der Waals surface area contributed by atoms with Gasteiger partial charge in [-0.3, -0.25) is 5.32 Å². The summed E-state index contributed by atoms with van der Waals surface area (Å²) in [6.07, 6.45) is 5.30. The molecule has 0 heterocycles. The Morgan fingerprint density at radius 2 is 1.50 bits per heavy atom. The first-order valence-electron chi connectivity index (χ1n) is 3.54. The van der Waals surface area contributed by atoms with E-state index in [4.69, 9.17) is 6.42 Å². The molecule has 0 rings (SSSR count). The molecule has 0 aliphatic carbocycles. The van der Waals surface area contributed by atoms with E-state index in [-0.39, 0.29) is 11.1 Å². The van der Waals surface area contributed by atoms with Gasteiger partial charge < -0.3 is 0 Å². The molecule has 1 heteroatoms. The highest BCUT2D eigenvalue weighted by Crippen LogP contribution is 2.08. The van der Waals surface area contributed by atoms with Crippen LogP contribution in [0.5, 0.6) is 0 Å². The number of hydrogen-bond acceptors (Lipinski definition) is 1. The van der Waals surface area contributed by atoms with Crippen LogP contribution in [0.4, 0.5) is 0 Å². The summed E-state index contributed by atoms with van der Waals surface area (Å²) in [5.74, 6) is 2.69. The van der Waals surface area contributed by atoms with Gasteiger partial charge in [0.05, 0.1) is 5.54 Å². The summed E-state index contributed by atoms with van der Waals surface area (Å²) in [5, 5.41) is 3.31. The Hall–Kier alpha value is -0.480. The maximum Gasteiger partial charge on any atom is 0.0745 e. The van der Waals surface area contributed by atoms with E-state index >= 15 is 0 Å². The van der Waals surface area contributed by atoms with Crippen molar-refractivity contribution < 1.29 is 0 Å². The van der Waals surface area contributed by atoms with Crippen molar-refractivity contribution in [2.75, 3.05) is 0 Å². The lowest BCUT2D eigenvalue weighted by molar-refractivity contribution is 0.338. The van der Waals surface area contributed by atoms with Gasteiger partial charge in [-0.05, 0) is 34.6 Å². The predicted molar refractivity (Wildman–Crippen MR) is 45.8 cm³/mol. The first-order chi connectivity index (χ1) is 4.27. The molecule has 0 saturated carbocycles. The fraction of sp³-hybridized carbons (Fsp3) is 0.778. The zero-order valence-electron chi connectivity index (χ0n) is 7.58. The lowest BCUT2D eigenvalue weighted by atomic mass is 10.00. The lowest BCUT2D eigenvalue weighted by Gasteiger charge is -2.30. The zero-order valence-corrected chi connectivity index (χ0v) is 7.58. The number of hydrogen-bond donors (Lipinski definition) is 1. The third kappa shape index (κ3) is 4.40. The Morgan fingerprint density at radius 1 is 1.10 bits per heavy atom. The normalized spacial score (nSPS) is 12.8. The van der Waals surface area contributed by atoms with Gasteiger partial charge >= 0.3 is 0 Å². The molecular formula is C9H17N.